The molecule has 0 fully saturated rings. The fourth-order valence-electron chi connectivity index (χ4n) is 4.61. The number of aromatic amines is 1. The quantitative estimate of drug-likeness (QED) is 0.732. The molecule has 1 amide bonds. The molecule has 1 aliphatic rings. The van der Waals surface area contributed by atoms with Gasteiger partial charge in [-0.05, 0) is 66.5 Å². The predicted octanol–water partition coefficient (Wildman–Crippen LogP) is 3.53. The number of carbonyl (C=O) groups is 1. The summed E-state index contributed by atoms with van der Waals surface area (Å²) in [5.41, 5.74) is 12.9. The van der Waals surface area contributed by atoms with E-state index in [2.05, 4.69) is 43.7 Å². The Labute approximate surface area is 157 Å². The zero-order chi connectivity index (χ0) is 19.5. The van der Waals surface area contributed by atoms with E-state index in [0.717, 1.165) is 24.1 Å². The lowest BCUT2D eigenvalue weighted by atomic mass is 9.82. The van der Waals surface area contributed by atoms with Gasteiger partial charge in [0.1, 0.15) is 5.69 Å². The first kappa shape index (κ1) is 17.5. The summed E-state index contributed by atoms with van der Waals surface area (Å²) in [6.45, 7) is 8.85. The Morgan fingerprint density at radius 1 is 1.26 bits per heavy atom. The van der Waals surface area contributed by atoms with Gasteiger partial charge in [0.2, 0.25) is 0 Å². The first-order chi connectivity index (χ1) is 12.7. The van der Waals surface area contributed by atoms with Crippen LogP contribution in [0.15, 0.2) is 29.2 Å². The van der Waals surface area contributed by atoms with Crippen LogP contribution in [0.5, 0.6) is 0 Å². The number of hydrogen-bond donors (Lipinski definition) is 2. The molecule has 27 heavy (non-hydrogen) atoms. The standard InChI is InChI=1S/C22H23N3O2/c1-11-9-14(12(2)13-5-7-22(3,4)19(11)13)16-10-17(26)18-15(25-16)6-8-24-20(18)21(23)27/h6,8-10H,5,7H2,1-4H3,(H2,23,27)(H,25,26). The van der Waals surface area contributed by atoms with Gasteiger partial charge < -0.3 is 10.7 Å². The number of nitrogens with zero attached hydrogens (tertiary/aromatic N) is 1. The lowest BCUT2D eigenvalue weighted by molar-refractivity contribution is 0.0997. The van der Waals surface area contributed by atoms with Crippen LogP contribution in [0.1, 0.15) is 53.0 Å². The average Bonchev–Trinajstić information content (AvgIpc) is 2.93. The Morgan fingerprint density at radius 2 is 2.00 bits per heavy atom. The highest BCUT2D eigenvalue weighted by molar-refractivity contribution is 6.03. The number of nitrogens with one attached hydrogen (secondary N) is 1. The normalized spacial score (nSPS) is 15.1. The largest absolute Gasteiger partial charge is 0.364 e. The molecule has 0 spiro atoms. The molecule has 0 unspecified atom stereocenters. The number of aromatic nitrogens is 2. The minimum absolute atomic E-state index is 0.00362. The number of rotatable bonds is 2. The highest BCUT2D eigenvalue weighted by atomic mass is 16.1. The fourth-order valence-corrected chi connectivity index (χ4v) is 4.61. The molecule has 1 aliphatic carbocycles. The average molecular weight is 361 g/mol. The molecule has 0 atom stereocenters. The number of benzene rings is 1. The summed E-state index contributed by atoms with van der Waals surface area (Å²) in [6.07, 6.45) is 3.68. The summed E-state index contributed by atoms with van der Waals surface area (Å²) in [7, 11) is 0. The van der Waals surface area contributed by atoms with Crippen molar-refractivity contribution in [2.24, 2.45) is 5.73 Å². The minimum Gasteiger partial charge on any atom is -0.364 e. The van der Waals surface area contributed by atoms with Crippen LogP contribution < -0.4 is 11.2 Å². The molecule has 3 N–H and O–H groups in total. The van der Waals surface area contributed by atoms with Gasteiger partial charge in [-0.2, -0.15) is 0 Å². The van der Waals surface area contributed by atoms with Crippen molar-refractivity contribution in [1.82, 2.24) is 9.97 Å². The summed E-state index contributed by atoms with van der Waals surface area (Å²) < 4.78 is 0. The summed E-state index contributed by atoms with van der Waals surface area (Å²) >= 11 is 0. The molecule has 0 saturated carbocycles. The number of H-pyrrole nitrogens is 1. The summed E-state index contributed by atoms with van der Waals surface area (Å²) in [5.74, 6) is -0.703. The van der Waals surface area contributed by atoms with Crippen molar-refractivity contribution in [2.75, 3.05) is 0 Å². The van der Waals surface area contributed by atoms with E-state index in [-0.39, 0.29) is 21.9 Å². The van der Waals surface area contributed by atoms with Crippen LogP contribution >= 0.6 is 0 Å². The van der Waals surface area contributed by atoms with Gasteiger partial charge in [0.15, 0.2) is 5.43 Å². The Morgan fingerprint density at radius 3 is 2.70 bits per heavy atom. The molecule has 1 aromatic carbocycles. The Kier molecular flexibility index (Phi) is 3.74. The second-order valence-electron chi connectivity index (χ2n) is 8.10. The van der Waals surface area contributed by atoms with Gasteiger partial charge in [-0.15, -0.1) is 0 Å². The van der Waals surface area contributed by atoms with Gasteiger partial charge in [-0.25, -0.2) is 0 Å². The van der Waals surface area contributed by atoms with Gasteiger partial charge in [0, 0.05) is 23.5 Å². The summed E-state index contributed by atoms with van der Waals surface area (Å²) in [5, 5.41) is 0.241. The van der Waals surface area contributed by atoms with Crippen molar-refractivity contribution in [1.29, 1.82) is 0 Å². The van der Waals surface area contributed by atoms with Crippen molar-refractivity contribution in [3.63, 3.8) is 0 Å². The van der Waals surface area contributed by atoms with Gasteiger partial charge in [0.25, 0.3) is 5.91 Å². The Balaban J connectivity index is 1.99. The molecule has 4 rings (SSSR count). The van der Waals surface area contributed by atoms with Crippen LogP contribution in [0.2, 0.25) is 0 Å². The maximum Gasteiger partial charge on any atom is 0.268 e. The Hall–Kier alpha value is -2.95. The van der Waals surface area contributed by atoms with Gasteiger partial charge in [-0.3, -0.25) is 14.6 Å². The molecular weight excluding hydrogens is 338 g/mol. The SMILES string of the molecule is Cc1cc(-c2cc(=O)c3c(C(N)=O)nccc3[nH]2)c(C)c2c1C(C)(C)CC2. The number of primary amides is 1. The number of amides is 1. The third-order valence-corrected chi connectivity index (χ3v) is 5.86. The zero-order valence-corrected chi connectivity index (χ0v) is 16.1. The molecule has 138 valence electrons. The van der Waals surface area contributed by atoms with Crippen molar-refractivity contribution in [2.45, 2.75) is 46.0 Å². The predicted molar refractivity (Wildman–Crippen MR) is 107 cm³/mol. The van der Waals surface area contributed by atoms with Gasteiger partial charge in [-0.1, -0.05) is 13.8 Å². The molecule has 5 nitrogen and oxygen atoms in total. The summed E-state index contributed by atoms with van der Waals surface area (Å²) in [4.78, 5) is 31.7. The van der Waals surface area contributed by atoms with E-state index in [1.807, 2.05) is 0 Å². The lowest BCUT2D eigenvalue weighted by Gasteiger charge is -2.23. The Bertz CT molecular complexity index is 1170. The van der Waals surface area contributed by atoms with E-state index >= 15 is 0 Å². The molecule has 0 saturated heterocycles. The topological polar surface area (TPSA) is 88.8 Å². The summed E-state index contributed by atoms with van der Waals surface area (Å²) in [6, 6.07) is 5.41. The van der Waals surface area contributed by atoms with Gasteiger partial charge in [0.05, 0.1) is 10.9 Å². The number of aryl methyl sites for hydroxylation is 1. The fraction of sp³-hybridized carbons (Fsp3) is 0.318. The number of pyridine rings is 2. The number of hydrogen-bond acceptors (Lipinski definition) is 3. The van der Waals surface area contributed by atoms with Crippen molar-refractivity contribution >= 4 is 16.8 Å². The molecule has 0 bridgehead atoms. The van der Waals surface area contributed by atoms with E-state index in [9.17, 15) is 9.59 Å². The molecule has 0 radical (unpaired) electrons. The molecule has 2 heterocycles. The van der Waals surface area contributed by atoms with Crippen LogP contribution in [0.3, 0.4) is 0 Å². The van der Waals surface area contributed by atoms with Crippen LogP contribution in [0, 0.1) is 13.8 Å². The van der Waals surface area contributed by atoms with E-state index in [1.54, 1.807) is 12.1 Å². The van der Waals surface area contributed by atoms with E-state index < -0.39 is 5.91 Å². The zero-order valence-electron chi connectivity index (χ0n) is 16.1. The minimum atomic E-state index is -0.703. The van der Waals surface area contributed by atoms with E-state index in [1.165, 1.54) is 28.5 Å². The third-order valence-electron chi connectivity index (χ3n) is 5.86. The number of carbonyl (C=O) groups excluding carboxylic acids is 1. The second-order valence-corrected chi connectivity index (χ2v) is 8.10. The highest BCUT2D eigenvalue weighted by Gasteiger charge is 2.33. The number of fused-ring (bicyclic) bond motifs is 2. The second kappa shape index (κ2) is 5.78. The third kappa shape index (κ3) is 2.57. The smallest absolute Gasteiger partial charge is 0.268 e. The molecule has 5 heteroatoms. The highest BCUT2D eigenvalue weighted by Crippen LogP contribution is 2.44. The van der Waals surface area contributed by atoms with Crippen molar-refractivity contribution in [3.05, 3.63) is 62.6 Å². The van der Waals surface area contributed by atoms with Crippen molar-refractivity contribution in [3.8, 4) is 11.3 Å². The van der Waals surface area contributed by atoms with E-state index in [0.29, 0.717) is 5.52 Å². The van der Waals surface area contributed by atoms with Crippen LogP contribution in [-0.2, 0) is 11.8 Å². The molecular formula is C22H23N3O2. The maximum atomic E-state index is 12.8. The first-order valence-electron chi connectivity index (χ1n) is 9.16. The lowest BCUT2D eigenvalue weighted by Crippen LogP contribution is -2.18. The van der Waals surface area contributed by atoms with E-state index in [4.69, 9.17) is 5.73 Å². The maximum absolute atomic E-state index is 12.8. The van der Waals surface area contributed by atoms with Crippen LogP contribution in [-0.4, -0.2) is 15.9 Å². The van der Waals surface area contributed by atoms with Crippen LogP contribution in [0.25, 0.3) is 22.2 Å². The first-order valence-corrected chi connectivity index (χ1v) is 9.16. The molecule has 0 aliphatic heterocycles. The van der Waals surface area contributed by atoms with Crippen molar-refractivity contribution < 1.29 is 4.79 Å². The van der Waals surface area contributed by atoms with Gasteiger partial charge >= 0.3 is 0 Å². The number of nitrogens with two attached hydrogens (primary N) is 1. The molecule has 3 aromatic rings. The molecule has 2 aromatic heterocycles. The monoisotopic (exact) mass is 361 g/mol. The van der Waals surface area contributed by atoms with Crippen LogP contribution in [0.4, 0.5) is 0 Å².